The summed E-state index contributed by atoms with van der Waals surface area (Å²) in [5, 5.41) is 0.619. The number of hydrogen-bond acceptors (Lipinski definition) is 5. The molecule has 2 heterocycles. The van der Waals surface area contributed by atoms with E-state index in [4.69, 9.17) is 14.5 Å². The fourth-order valence-electron chi connectivity index (χ4n) is 3.65. The molecule has 0 spiro atoms. The monoisotopic (exact) mass is 416 g/mol. The van der Waals surface area contributed by atoms with E-state index >= 15 is 0 Å². The van der Waals surface area contributed by atoms with Gasteiger partial charge >= 0.3 is 0 Å². The molecule has 6 heteroatoms. The molecule has 5 nitrogen and oxygen atoms in total. The van der Waals surface area contributed by atoms with E-state index in [1.165, 1.54) is 11.3 Å². The Bertz CT molecular complexity index is 1200. The average molecular weight is 417 g/mol. The maximum absolute atomic E-state index is 13.7. The first-order valence-electron chi connectivity index (χ1n) is 9.75. The van der Waals surface area contributed by atoms with Gasteiger partial charge in [0.2, 0.25) is 6.10 Å². The van der Waals surface area contributed by atoms with Crippen LogP contribution in [-0.2, 0) is 4.79 Å². The fraction of sp³-hybridized carbons (Fsp3) is 0.167. The predicted molar refractivity (Wildman–Crippen MR) is 119 cm³/mol. The summed E-state index contributed by atoms with van der Waals surface area (Å²) >= 11 is 1.49. The summed E-state index contributed by atoms with van der Waals surface area (Å²) in [6.45, 7) is 4.20. The highest BCUT2D eigenvalue weighted by atomic mass is 32.1. The van der Waals surface area contributed by atoms with Crippen LogP contribution in [0.2, 0.25) is 0 Å². The van der Waals surface area contributed by atoms with Crippen molar-refractivity contribution in [3.8, 4) is 11.5 Å². The number of aromatic nitrogens is 1. The number of thiazole rings is 1. The largest absolute Gasteiger partial charge is 0.485 e. The number of fused-ring (bicyclic) bond motifs is 2. The van der Waals surface area contributed by atoms with Crippen LogP contribution in [0.3, 0.4) is 0 Å². The molecule has 1 amide bonds. The summed E-state index contributed by atoms with van der Waals surface area (Å²) in [5.74, 6) is 1.03. The Kier molecular flexibility index (Phi) is 4.64. The zero-order valence-electron chi connectivity index (χ0n) is 16.7. The summed E-state index contributed by atoms with van der Waals surface area (Å²) < 4.78 is 12.8. The third kappa shape index (κ3) is 3.39. The van der Waals surface area contributed by atoms with Crippen LogP contribution in [0.15, 0.2) is 66.7 Å². The lowest BCUT2D eigenvalue weighted by Crippen LogP contribution is -2.44. The average Bonchev–Trinajstić information content (AvgIpc) is 3.16. The lowest BCUT2D eigenvalue weighted by atomic mass is 10.1. The van der Waals surface area contributed by atoms with E-state index in [-0.39, 0.29) is 12.5 Å². The molecule has 0 saturated carbocycles. The van der Waals surface area contributed by atoms with Gasteiger partial charge in [0.05, 0.1) is 15.9 Å². The summed E-state index contributed by atoms with van der Waals surface area (Å²) in [6.07, 6.45) is -0.757. The number of ether oxygens (including phenoxy) is 2. The summed E-state index contributed by atoms with van der Waals surface area (Å²) in [6, 6.07) is 21.4. The molecular weight excluding hydrogens is 396 g/mol. The van der Waals surface area contributed by atoms with E-state index in [9.17, 15) is 4.79 Å². The van der Waals surface area contributed by atoms with Gasteiger partial charge in [0.25, 0.3) is 5.91 Å². The number of para-hydroxylation sites is 3. The highest BCUT2D eigenvalue weighted by molar-refractivity contribution is 7.22. The molecule has 5 rings (SSSR count). The minimum absolute atomic E-state index is 0.155. The number of nitrogens with zero attached hydrogens (tertiary/aromatic N) is 2. The van der Waals surface area contributed by atoms with Crippen molar-refractivity contribution < 1.29 is 14.3 Å². The number of amides is 1. The Morgan fingerprint density at radius 2 is 1.70 bits per heavy atom. The molecule has 1 aliphatic rings. The van der Waals surface area contributed by atoms with Gasteiger partial charge in [0, 0.05) is 0 Å². The molecule has 1 aromatic heterocycles. The van der Waals surface area contributed by atoms with Gasteiger partial charge in [-0.2, -0.15) is 0 Å². The van der Waals surface area contributed by atoms with Gasteiger partial charge in [-0.1, -0.05) is 41.7 Å². The molecule has 0 saturated heterocycles. The Morgan fingerprint density at radius 1 is 1.00 bits per heavy atom. The van der Waals surface area contributed by atoms with E-state index in [0.717, 1.165) is 27.0 Å². The van der Waals surface area contributed by atoms with Gasteiger partial charge in [-0.25, -0.2) is 4.98 Å². The molecule has 0 bridgehead atoms. The molecule has 0 N–H and O–H groups in total. The lowest BCUT2D eigenvalue weighted by molar-refractivity contribution is -0.126. The SMILES string of the molecule is Cc1cc(C)cc(N(C(=O)C2COc3ccccc3O2)c2nc3ccccc3s2)c1. The first-order valence-corrected chi connectivity index (χ1v) is 10.6. The number of rotatable bonds is 3. The predicted octanol–water partition coefficient (Wildman–Crippen LogP) is 5.42. The molecule has 30 heavy (non-hydrogen) atoms. The van der Waals surface area contributed by atoms with Crippen molar-refractivity contribution in [2.75, 3.05) is 11.5 Å². The minimum Gasteiger partial charge on any atom is -0.485 e. The van der Waals surface area contributed by atoms with Crippen molar-refractivity contribution in [3.63, 3.8) is 0 Å². The van der Waals surface area contributed by atoms with Crippen molar-refractivity contribution in [2.24, 2.45) is 0 Å². The van der Waals surface area contributed by atoms with Crippen LogP contribution in [0.25, 0.3) is 10.2 Å². The highest BCUT2D eigenvalue weighted by Crippen LogP contribution is 2.37. The minimum atomic E-state index is -0.757. The Hall–Kier alpha value is -3.38. The van der Waals surface area contributed by atoms with Crippen molar-refractivity contribution in [3.05, 3.63) is 77.9 Å². The van der Waals surface area contributed by atoms with Gasteiger partial charge in [0.1, 0.15) is 6.61 Å². The molecular formula is C24H20N2O3S. The number of benzene rings is 3. The van der Waals surface area contributed by atoms with Crippen LogP contribution in [0, 0.1) is 13.8 Å². The molecule has 0 radical (unpaired) electrons. The van der Waals surface area contributed by atoms with E-state index in [1.807, 2.05) is 74.5 Å². The second kappa shape index (κ2) is 7.46. The van der Waals surface area contributed by atoms with Crippen molar-refractivity contribution >= 4 is 38.3 Å². The number of aryl methyl sites for hydroxylation is 2. The summed E-state index contributed by atoms with van der Waals surface area (Å²) in [4.78, 5) is 20.1. The first-order chi connectivity index (χ1) is 14.6. The molecule has 4 aromatic rings. The summed E-state index contributed by atoms with van der Waals surface area (Å²) in [5.41, 5.74) is 3.80. The third-order valence-corrected chi connectivity index (χ3v) is 5.96. The van der Waals surface area contributed by atoms with Crippen LogP contribution in [0.4, 0.5) is 10.8 Å². The number of carbonyl (C=O) groups is 1. The van der Waals surface area contributed by atoms with Crippen molar-refractivity contribution in [1.82, 2.24) is 4.98 Å². The molecule has 150 valence electrons. The molecule has 1 unspecified atom stereocenters. The Balaban J connectivity index is 1.58. The number of carbonyl (C=O) groups excluding carboxylic acids is 1. The van der Waals surface area contributed by atoms with Gasteiger partial charge in [-0.15, -0.1) is 0 Å². The lowest BCUT2D eigenvalue weighted by Gasteiger charge is -2.30. The summed E-state index contributed by atoms with van der Waals surface area (Å²) in [7, 11) is 0. The maximum Gasteiger partial charge on any atom is 0.278 e. The van der Waals surface area contributed by atoms with E-state index in [1.54, 1.807) is 4.90 Å². The second-order valence-corrected chi connectivity index (χ2v) is 8.36. The maximum atomic E-state index is 13.7. The highest BCUT2D eigenvalue weighted by Gasteiger charge is 2.34. The molecule has 1 atom stereocenters. The van der Waals surface area contributed by atoms with Crippen LogP contribution in [0.1, 0.15) is 11.1 Å². The smallest absolute Gasteiger partial charge is 0.278 e. The van der Waals surface area contributed by atoms with E-state index in [2.05, 4.69) is 6.07 Å². The molecule has 1 aliphatic heterocycles. The zero-order chi connectivity index (χ0) is 20.7. The Morgan fingerprint density at radius 3 is 2.47 bits per heavy atom. The second-order valence-electron chi connectivity index (χ2n) is 7.35. The van der Waals surface area contributed by atoms with Crippen LogP contribution in [-0.4, -0.2) is 23.6 Å². The van der Waals surface area contributed by atoms with Crippen LogP contribution < -0.4 is 14.4 Å². The third-order valence-electron chi connectivity index (χ3n) is 4.94. The fourth-order valence-corrected chi connectivity index (χ4v) is 4.64. The molecule has 0 fully saturated rings. The number of anilines is 2. The van der Waals surface area contributed by atoms with Crippen LogP contribution in [0.5, 0.6) is 11.5 Å². The topological polar surface area (TPSA) is 51.7 Å². The molecule has 0 aliphatic carbocycles. The van der Waals surface area contributed by atoms with E-state index in [0.29, 0.717) is 16.6 Å². The van der Waals surface area contributed by atoms with Crippen molar-refractivity contribution in [2.45, 2.75) is 20.0 Å². The van der Waals surface area contributed by atoms with Gasteiger partial charge in [-0.05, 0) is 61.4 Å². The quantitative estimate of drug-likeness (QED) is 0.448. The zero-order valence-corrected chi connectivity index (χ0v) is 17.5. The normalized spacial score (nSPS) is 15.2. The van der Waals surface area contributed by atoms with E-state index < -0.39 is 6.10 Å². The van der Waals surface area contributed by atoms with Crippen molar-refractivity contribution in [1.29, 1.82) is 0 Å². The number of hydrogen-bond donors (Lipinski definition) is 0. The van der Waals surface area contributed by atoms with Gasteiger partial charge < -0.3 is 9.47 Å². The van der Waals surface area contributed by atoms with Gasteiger partial charge in [-0.3, -0.25) is 9.69 Å². The first kappa shape index (κ1) is 18.6. The van der Waals surface area contributed by atoms with Gasteiger partial charge in [0.15, 0.2) is 16.6 Å². The Labute approximate surface area is 178 Å². The standard InChI is InChI=1S/C24H20N2O3S/c1-15-11-16(2)13-17(12-15)26(24-25-18-7-3-6-10-22(18)30-24)23(27)21-14-28-19-8-4-5-9-20(19)29-21/h3-13,21H,14H2,1-2H3. The van der Waals surface area contributed by atoms with Crippen LogP contribution >= 0.6 is 11.3 Å². The molecule has 3 aromatic carbocycles.